The SMILES string of the molecule is CC1(OCC(=O)Nc2ccc(F)c(Cl)c2)CNC1. The standard InChI is InChI=1S/C12H14ClFN2O2/c1-12(6-15-7-12)18-5-11(17)16-8-2-3-10(14)9(13)4-8/h2-4,15H,5-7H2,1H3,(H,16,17). The van der Waals surface area contributed by atoms with Crippen molar-refractivity contribution < 1.29 is 13.9 Å². The molecule has 4 nitrogen and oxygen atoms in total. The van der Waals surface area contributed by atoms with Crippen LogP contribution in [0.1, 0.15) is 6.92 Å². The van der Waals surface area contributed by atoms with E-state index in [1.54, 1.807) is 0 Å². The number of carbonyl (C=O) groups is 1. The molecule has 98 valence electrons. The van der Waals surface area contributed by atoms with Crippen LogP contribution in [0.4, 0.5) is 10.1 Å². The number of ether oxygens (including phenoxy) is 1. The van der Waals surface area contributed by atoms with E-state index in [1.807, 2.05) is 6.92 Å². The van der Waals surface area contributed by atoms with Crippen molar-refractivity contribution in [2.45, 2.75) is 12.5 Å². The normalized spacial score (nSPS) is 17.1. The van der Waals surface area contributed by atoms with E-state index < -0.39 is 5.82 Å². The predicted octanol–water partition coefficient (Wildman–Crippen LogP) is 1.80. The Balaban J connectivity index is 1.85. The molecule has 1 aliphatic rings. The highest BCUT2D eigenvalue weighted by Gasteiger charge is 2.32. The fourth-order valence-corrected chi connectivity index (χ4v) is 1.77. The third kappa shape index (κ3) is 3.19. The molecule has 0 spiro atoms. The molecule has 1 aromatic rings. The molecule has 0 saturated carbocycles. The number of rotatable bonds is 4. The van der Waals surface area contributed by atoms with Crippen LogP contribution in [0.3, 0.4) is 0 Å². The lowest BCUT2D eigenvalue weighted by Crippen LogP contribution is -2.59. The highest BCUT2D eigenvalue weighted by molar-refractivity contribution is 6.31. The topological polar surface area (TPSA) is 50.4 Å². The number of hydrogen-bond acceptors (Lipinski definition) is 3. The van der Waals surface area contributed by atoms with Gasteiger partial charge in [0.2, 0.25) is 5.91 Å². The number of halogens is 2. The van der Waals surface area contributed by atoms with Crippen LogP contribution in [-0.2, 0) is 9.53 Å². The van der Waals surface area contributed by atoms with Crippen LogP contribution in [0.2, 0.25) is 5.02 Å². The Kier molecular flexibility index (Phi) is 3.85. The summed E-state index contributed by atoms with van der Waals surface area (Å²) in [5, 5.41) is 5.64. The molecule has 18 heavy (non-hydrogen) atoms. The van der Waals surface area contributed by atoms with Gasteiger partial charge in [-0.15, -0.1) is 0 Å². The van der Waals surface area contributed by atoms with Crippen molar-refractivity contribution in [3.8, 4) is 0 Å². The smallest absolute Gasteiger partial charge is 0.250 e. The Hall–Kier alpha value is -1.17. The van der Waals surface area contributed by atoms with E-state index in [0.717, 1.165) is 13.1 Å². The number of carbonyl (C=O) groups excluding carboxylic acids is 1. The second kappa shape index (κ2) is 5.22. The van der Waals surface area contributed by atoms with Crippen molar-refractivity contribution in [1.82, 2.24) is 5.32 Å². The lowest BCUT2D eigenvalue weighted by molar-refractivity contribution is -0.130. The Morgan fingerprint density at radius 2 is 2.33 bits per heavy atom. The van der Waals surface area contributed by atoms with Crippen LogP contribution in [0.5, 0.6) is 0 Å². The van der Waals surface area contributed by atoms with E-state index in [0.29, 0.717) is 5.69 Å². The summed E-state index contributed by atoms with van der Waals surface area (Å²) in [6.45, 7) is 3.38. The predicted molar refractivity (Wildman–Crippen MR) is 67.3 cm³/mol. The van der Waals surface area contributed by atoms with E-state index in [-0.39, 0.29) is 23.1 Å². The molecule has 1 aliphatic heterocycles. The number of hydrogen-bond donors (Lipinski definition) is 2. The van der Waals surface area contributed by atoms with Crippen LogP contribution >= 0.6 is 11.6 Å². The maximum Gasteiger partial charge on any atom is 0.250 e. The number of amides is 1. The maximum absolute atomic E-state index is 12.9. The third-order valence-corrected chi connectivity index (χ3v) is 3.04. The van der Waals surface area contributed by atoms with Gasteiger partial charge in [0.25, 0.3) is 0 Å². The Labute approximate surface area is 109 Å². The fourth-order valence-electron chi connectivity index (χ4n) is 1.59. The number of nitrogens with one attached hydrogen (secondary N) is 2. The van der Waals surface area contributed by atoms with Crippen LogP contribution < -0.4 is 10.6 Å². The zero-order chi connectivity index (χ0) is 13.2. The molecular weight excluding hydrogens is 259 g/mol. The van der Waals surface area contributed by atoms with Gasteiger partial charge in [-0.2, -0.15) is 0 Å². The van der Waals surface area contributed by atoms with Crippen molar-refractivity contribution in [3.63, 3.8) is 0 Å². The average Bonchev–Trinajstić information content (AvgIpc) is 2.29. The van der Waals surface area contributed by atoms with Crippen LogP contribution in [-0.4, -0.2) is 31.2 Å². The van der Waals surface area contributed by atoms with Crippen molar-refractivity contribution >= 4 is 23.2 Å². The first kappa shape index (κ1) is 13.3. The van der Waals surface area contributed by atoms with Gasteiger partial charge in [0.1, 0.15) is 12.4 Å². The van der Waals surface area contributed by atoms with Crippen molar-refractivity contribution in [2.24, 2.45) is 0 Å². The third-order valence-electron chi connectivity index (χ3n) is 2.75. The second-order valence-electron chi connectivity index (χ2n) is 4.52. The molecule has 2 rings (SSSR count). The summed E-state index contributed by atoms with van der Waals surface area (Å²) in [6.07, 6.45) is 0. The molecule has 0 radical (unpaired) electrons. The lowest BCUT2D eigenvalue weighted by atomic mass is 10.0. The molecule has 1 aromatic carbocycles. The summed E-state index contributed by atoms with van der Waals surface area (Å²) in [5.74, 6) is -0.801. The average molecular weight is 273 g/mol. The largest absolute Gasteiger partial charge is 0.363 e. The molecule has 1 heterocycles. The molecule has 0 aromatic heterocycles. The lowest BCUT2D eigenvalue weighted by Gasteiger charge is -2.38. The summed E-state index contributed by atoms with van der Waals surface area (Å²) in [6, 6.07) is 4.02. The summed E-state index contributed by atoms with van der Waals surface area (Å²) >= 11 is 5.61. The van der Waals surface area contributed by atoms with Gasteiger partial charge in [0.15, 0.2) is 0 Å². The first-order valence-electron chi connectivity index (χ1n) is 5.58. The van der Waals surface area contributed by atoms with Gasteiger partial charge in [-0.1, -0.05) is 11.6 Å². The molecular formula is C12H14ClFN2O2. The molecule has 1 fully saturated rings. The second-order valence-corrected chi connectivity index (χ2v) is 4.93. The van der Waals surface area contributed by atoms with Gasteiger partial charge < -0.3 is 15.4 Å². The van der Waals surface area contributed by atoms with Gasteiger partial charge in [-0.25, -0.2) is 4.39 Å². The minimum atomic E-state index is -0.515. The van der Waals surface area contributed by atoms with E-state index in [4.69, 9.17) is 16.3 Å². The molecule has 0 atom stereocenters. The Bertz CT molecular complexity index is 463. The number of anilines is 1. The van der Waals surface area contributed by atoms with E-state index in [1.165, 1.54) is 18.2 Å². The first-order valence-corrected chi connectivity index (χ1v) is 5.96. The monoisotopic (exact) mass is 272 g/mol. The van der Waals surface area contributed by atoms with Crippen molar-refractivity contribution in [2.75, 3.05) is 25.0 Å². The molecule has 0 bridgehead atoms. The van der Waals surface area contributed by atoms with Gasteiger partial charge >= 0.3 is 0 Å². The maximum atomic E-state index is 12.9. The van der Waals surface area contributed by atoms with Crippen LogP contribution in [0.25, 0.3) is 0 Å². The van der Waals surface area contributed by atoms with Gasteiger partial charge in [-0.3, -0.25) is 4.79 Å². The Morgan fingerprint density at radius 1 is 1.61 bits per heavy atom. The van der Waals surface area contributed by atoms with E-state index in [9.17, 15) is 9.18 Å². The minimum absolute atomic E-state index is 0.0242. The molecule has 0 aliphatic carbocycles. The quantitative estimate of drug-likeness (QED) is 0.879. The number of benzene rings is 1. The highest BCUT2D eigenvalue weighted by Crippen LogP contribution is 2.19. The van der Waals surface area contributed by atoms with Gasteiger partial charge in [0.05, 0.1) is 10.6 Å². The van der Waals surface area contributed by atoms with Crippen LogP contribution in [0, 0.1) is 5.82 Å². The summed E-state index contributed by atoms with van der Waals surface area (Å²) in [5.41, 5.74) is 0.185. The molecule has 1 saturated heterocycles. The van der Waals surface area contributed by atoms with Gasteiger partial charge in [0, 0.05) is 18.8 Å². The van der Waals surface area contributed by atoms with Gasteiger partial charge in [-0.05, 0) is 25.1 Å². The summed E-state index contributed by atoms with van der Waals surface area (Å²) in [4.78, 5) is 11.6. The highest BCUT2D eigenvalue weighted by atomic mass is 35.5. The summed E-state index contributed by atoms with van der Waals surface area (Å²) < 4.78 is 18.4. The fraction of sp³-hybridized carbons (Fsp3) is 0.417. The molecule has 6 heteroatoms. The molecule has 2 N–H and O–H groups in total. The minimum Gasteiger partial charge on any atom is -0.363 e. The molecule has 0 unspecified atom stereocenters. The zero-order valence-corrected chi connectivity index (χ0v) is 10.7. The molecule has 1 amide bonds. The van der Waals surface area contributed by atoms with Crippen molar-refractivity contribution in [1.29, 1.82) is 0 Å². The van der Waals surface area contributed by atoms with E-state index >= 15 is 0 Å². The summed E-state index contributed by atoms with van der Waals surface area (Å²) in [7, 11) is 0. The van der Waals surface area contributed by atoms with E-state index in [2.05, 4.69) is 10.6 Å². The van der Waals surface area contributed by atoms with Crippen molar-refractivity contribution in [3.05, 3.63) is 29.0 Å². The Morgan fingerprint density at radius 3 is 2.89 bits per heavy atom. The first-order chi connectivity index (χ1) is 8.48. The van der Waals surface area contributed by atoms with Crippen LogP contribution in [0.15, 0.2) is 18.2 Å². The zero-order valence-electron chi connectivity index (χ0n) is 9.93.